The zero-order valence-electron chi connectivity index (χ0n) is 18.3. The molecule has 0 bridgehead atoms. The molecule has 0 radical (unpaired) electrons. The number of nitrogens with zero attached hydrogens (tertiary/aromatic N) is 2. The second-order valence-corrected chi connectivity index (χ2v) is 10.2. The van der Waals surface area contributed by atoms with Gasteiger partial charge < -0.3 is 9.84 Å². The van der Waals surface area contributed by atoms with Gasteiger partial charge in [-0.2, -0.15) is 0 Å². The number of halogens is 1. The fraction of sp³-hybridized carbons (Fsp3) is 0.115. The van der Waals surface area contributed by atoms with Crippen molar-refractivity contribution < 1.29 is 19.4 Å². The molecule has 1 saturated heterocycles. The topological polar surface area (TPSA) is 79.7 Å². The third-order valence-electron chi connectivity index (χ3n) is 5.75. The van der Waals surface area contributed by atoms with Crippen LogP contribution >= 0.6 is 33.9 Å². The van der Waals surface area contributed by atoms with Gasteiger partial charge in [-0.15, -0.1) is 0 Å². The number of ether oxygens (including phenoxy) is 1. The number of benzene rings is 3. The van der Waals surface area contributed by atoms with Crippen LogP contribution < -0.4 is 9.64 Å². The Balaban J connectivity index is 1.71. The molecule has 1 fully saturated rings. The summed E-state index contributed by atoms with van der Waals surface area (Å²) < 4.78 is 7.15. The van der Waals surface area contributed by atoms with Crippen LogP contribution in [-0.4, -0.2) is 28.9 Å². The Morgan fingerprint density at radius 2 is 1.76 bits per heavy atom. The highest BCUT2D eigenvalue weighted by Crippen LogP contribution is 2.44. The summed E-state index contributed by atoms with van der Waals surface area (Å²) in [6, 6.07) is 19.4. The molecule has 0 saturated carbocycles. The molecule has 34 heavy (non-hydrogen) atoms. The molecule has 5 rings (SSSR count). The Morgan fingerprint density at radius 3 is 2.44 bits per heavy atom. The summed E-state index contributed by atoms with van der Waals surface area (Å²) in [6.45, 7) is 1.94. The van der Waals surface area contributed by atoms with E-state index >= 15 is 0 Å². The first-order valence-corrected chi connectivity index (χ1v) is 12.3. The van der Waals surface area contributed by atoms with E-state index in [1.165, 1.54) is 16.2 Å². The average Bonchev–Trinajstić information content (AvgIpc) is 3.37. The number of amides is 1. The number of thiazole rings is 1. The van der Waals surface area contributed by atoms with Crippen molar-refractivity contribution in [2.24, 2.45) is 0 Å². The van der Waals surface area contributed by atoms with Gasteiger partial charge in [0.15, 0.2) is 5.13 Å². The maximum atomic E-state index is 13.3. The Bertz CT molecular complexity index is 1460. The molecule has 8 heteroatoms. The summed E-state index contributed by atoms with van der Waals surface area (Å²) >= 11 is 3.50. The zero-order valence-corrected chi connectivity index (χ0v) is 21.3. The van der Waals surface area contributed by atoms with Crippen molar-refractivity contribution >= 4 is 66.7 Å². The highest BCUT2D eigenvalue weighted by atomic mass is 127. The highest BCUT2D eigenvalue weighted by Gasteiger charge is 2.48. The van der Waals surface area contributed by atoms with E-state index in [4.69, 9.17) is 4.74 Å². The molecule has 170 valence electrons. The number of hydrogen-bond acceptors (Lipinski definition) is 6. The van der Waals surface area contributed by atoms with Crippen molar-refractivity contribution in [2.45, 2.75) is 13.0 Å². The highest BCUT2D eigenvalue weighted by molar-refractivity contribution is 14.1. The van der Waals surface area contributed by atoms with Crippen LogP contribution in [0.2, 0.25) is 0 Å². The lowest BCUT2D eigenvalue weighted by Gasteiger charge is -2.23. The Kier molecular flexibility index (Phi) is 5.86. The van der Waals surface area contributed by atoms with Gasteiger partial charge in [0.1, 0.15) is 11.5 Å². The number of carbonyl (C=O) groups is 2. The van der Waals surface area contributed by atoms with E-state index in [2.05, 4.69) is 27.6 Å². The largest absolute Gasteiger partial charge is 0.507 e. The molecule has 1 atom stereocenters. The molecule has 3 aromatic carbocycles. The number of aromatic nitrogens is 1. The van der Waals surface area contributed by atoms with Crippen molar-refractivity contribution in [3.63, 3.8) is 0 Å². The lowest BCUT2D eigenvalue weighted by molar-refractivity contribution is -0.132. The number of rotatable bonds is 4. The number of aliphatic hydroxyl groups is 1. The predicted molar refractivity (Wildman–Crippen MR) is 141 cm³/mol. The van der Waals surface area contributed by atoms with Crippen molar-refractivity contribution in [1.29, 1.82) is 0 Å². The van der Waals surface area contributed by atoms with E-state index in [1.54, 1.807) is 25.3 Å². The van der Waals surface area contributed by atoms with Gasteiger partial charge >= 0.3 is 5.91 Å². The standard InChI is InChI=1S/C26H19IN2O4S/c1-14-3-5-16(6-4-14)23(30)21-22(15-7-9-17(27)10-8-15)29(25(32)24(21)31)26-28-19-12-11-18(33-2)13-20(19)34-26/h3-13,22,30H,1-2H3/b23-21+. The van der Waals surface area contributed by atoms with Crippen LogP contribution in [0.1, 0.15) is 22.7 Å². The number of methoxy groups -OCH3 is 1. The molecule has 1 aliphatic rings. The van der Waals surface area contributed by atoms with Crippen LogP contribution in [0.3, 0.4) is 0 Å². The van der Waals surface area contributed by atoms with E-state index in [9.17, 15) is 14.7 Å². The molecule has 1 aromatic heterocycles. The summed E-state index contributed by atoms with van der Waals surface area (Å²) in [5, 5.41) is 11.6. The quantitative estimate of drug-likeness (QED) is 0.142. The zero-order chi connectivity index (χ0) is 24.0. The number of Topliss-reactive ketones (excluding diaryl/α,β-unsaturated/α-hetero) is 1. The number of carbonyl (C=O) groups excluding carboxylic acids is 2. The van der Waals surface area contributed by atoms with Gasteiger partial charge in [-0.3, -0.25) is 14.5 Å². The Hall–Kier alpha value is -3.24. The SMILES string of the molecule is COc1ccc2nc(N3C(=O)C(=O)/C(=C(/O)c4ccc(C)cc4)C3c3ccc(I)cc3)sc2c1. The number of aliphatic hydroxyl groups excluding tert-OH is 1. The molecule has 1 aliphatic heterocycles. The van der Waals surface area contributed by atoms with Gasteiger partial charge in [0.25, 0.3) is 5.78 Å². The summed E-state index contributed by atoms with van der Waals surface area (Å²) in [7, 11) is 1.59. The van der Waals surface area contributed by atoms with E-state index in [0.717, 1.165) is 13.8 Å². The van der Waals surface area contributed by atoms with Crippen LogP contribution in [0.25, 0.3) is 16.0 Å². The van der Waals surface area contributed by atoms with Crippen molar-refractivity contribution in [3.8, 4) is 5.75 Å². The Labute approximate surface area is 213 Å². The van der Waals surface area contributed by atoms with Crippen LogP contribution in [0.4, 0.5) is 5.13 Å². The summed E-state index contributed by atoms with van der Waals surface area (Å²) in [5.41, 5.74) is 2.96. The number of fused-ring (bicyclic) bond motifs is 1. The summed E-state index contributed by atoms with van der Waals surface area (Å²) in [6.07, 6.45) is 0. The number of anilines is 1. The Morgan fingerprint density at radius 1 is 1.06 bits per heavy atom. The molecule has 1 unspecified atom stereocenters. The second-order valence-electron chi connectivity index (χ2n) is 7.92. The van der Waals surface area contributed by atoms with Crippen molar-refractivity contribution in [1.82, 2.24) is 4.98 Å². The van der Waals surface area contributed by atoms with E-state index in [0.29, 0.717) is 27.5 Å². The van der Waals surface area contributed by atoms with Gasteiger partial charge in [0.05, 0.1) is 28.9 Å². The third-order valence-corrected chi connectivity index (χ3v) is 7.48. The first-order valence-electron chi connectivity index (χ1n) is 10.5. The summed E-state index contributed by atoms with van der Waals surface area (Å²) in [5.74, 6) is -0.979. The van der Waals surface area contributed by atoms with Gasteiger partial charge in [-0.1, -0.05) is 53.3 Å². The maximum absolute atomic E-state index is 13.3. The fourth-order valence-corrected chi connectivity index (χ4v) is 5.36. The number of hydrogen-bond donors (Lipinski definition) is 1. The number of aryl methyl sites for hydroxylation is 1. The van der Waals surface area contributed by atoms with Crippen molar-refractivity contribution in [2.75, 3.05) is 12.0 Å². The first-order chi connectivity index (χ1) is 16.4. The lowest BCUT2D eigenvalue weighted by atomic mass is 9.95. The minimum absolute atomic E-state index is 0.0481. The third kappa shape index (κ3) is 3.86. The van der Waals surface area contributed by atoms with Crippen LogP contribution in [0.5, 0.6) is 5.75 Å². The van der Waals surface area contributed by atoms with E-state index < -0.39 is 17.7 Å². The summed E-state index contributed by atoms with van der Waals surface area (Å²) in [4.78, 5) is 32.6. The maximum Gasteiger partial charge on any atom is 0.301 e. The van der Waals surface area contributed by atoms with E-state index in [-0.39, 0.29) is 11.3 Å². The smallest absolute Gasteiger partial charge is 0.301 e. The minimum atomic E-state index is -0.805. The second kappa shape index (κ2) is 8.84. The van der Waals surface area contributed by atoms with Crippen LogP contribution in [-0.2, 0) is 9.59 Å². The predicted octanol–water partition coefficient (Wildman–Crippen LogP) is 5.84. The van der Waals surface area contributed by atoms with Crippen molar-refractivity contribution in [3.05, 3.63) is 92.6 Å². The van der Waals surface area contributed by atoms with Gasteiger partial charge in [-0.25, -0.2) is 4.98 Å². The molecule has 6 nitrogen and oxygen atoms in total. The molecule has 4 aromatic rings. The normalized spacial score (nSPS) is 17.5. The molecule has 1 amide bonds. The molecule has 1 N–H and O–H groups in total. The van der Waals surface area contributed by atoms with Gasteiger partial charge in [-0.05, 0) is 65.4 Å². The average molecular weight is 582 g/mol. The monoisotopic (exact) mass is 582 g/mol. The van der Waals surface area contributed by atoms with Crippen LogP contribution in [0.15, 0.2) is 72.3 Å². The van der Waals surface area contributed by atoms with Crippen LogP contribution in [0, 0.1) is 10.5 Å². The first kappa shape index (κ1) is 22.5. The van der Waals surface area contributed by atoms with Gasteiger partial charge in [0.2, 0.25) is 0 Å². The van der Waals surface area contributed by atoms with E-state index in [1.807, 2.05) is 55.5 Å². The molecular formula is C26H19IN2O4S. The number of ketones is 1. The lowest BCUT2D eigenvalue weighted by Crippen LogP contribution is -2.29. The molecule has 0 spiro atoms. The van der Waals surface area contributed by atoms with Gasteiger partial charge in [0, 0.05) is 9.13 Å². The molecule has 2 heterocycles. The minimum Gasteiger partial charge on any atom is -0.507 e. The molecular weight excluding hydrogens is 563 g/mol. The molecule has 0 aliphatic carbocycles. The fourth-order valence-electron chi connectivity index (χ4n) is 3.98.